The largest absolute Gasteiger partial charge is 0.343 e. The lowest BCUT2D eigenvalue weighted by Crippen LogP contribution is -2.42. The number of unbranched alkanes of at least 4 members (excludes halogenated alkanes) is 2. The quantitative estimate of drug-likeness (QED) is 0.499. The van der Waals surface area contributed by atoms with Crippen LogP contribution in [-0.4, -0.2) is 35.7 Å². The minimum Gasteiger partial charge on any atom is -0.343 e. The summed E-state index contributed by atoms with van der Waals surface area (Å²) in [5.41, 5.74) is 7.94. The van der Waals surface area contributed by atoms with E-state index in [1.807, 2.05) is 36.1 Å². The first-order chi connectivity index (χ1) is 12.5. The van der Waals surface area contributed by atoms with Gasteiger partial charge in [0.2, 0.25) is 5.91 Å². The number of aryl methyl sites for hydroxylation is 1. The molecule has 0 radical (unpaired) electrons. The predicted octanol–water partition coefficient (Wildman–Crippen LogP) is 4.39. The average molecular weight is 395 g/mol. The van der Waals surface area contributed by atoms with E-state index in [0.717, 1.165) is 32.4 Å². The van der Waals surface area contributed by atoms with E-state index < -0.39 is 0 Å². The fourth-order valence-electron chi connectivity index (χ4n) is 3.63. The van der Waals surface area contributed by atoms with Crippen LogP contribution >= 0.6 is 12.4 Å². The number of rotatable bonds is 9. The Morgan fingerprint density at radius 3 is 2.30 bits per heavy atom. The smallest absolute Gasteiger partial charge is 0.223 e. The van der Waals surface area contributed by atoms with Crippen molar-refractivity contribution in [1.29, 1.82) is 0 Å². The molecule has 0 saturated carbocycles. The van der Waals surface area contributed by atoms with Crippen molar-refractivity contribution in [2.24, 2.45) is 11.7 Å². The number of nitrogens with two attached hydrogens (primary N) is 1. The first-order valence-electron chi connectivity index (χ1n) is 10.2. The summed E-state index contributed by atoms with van der Waals surface area (Å²) in [6.45, 7) is 5.78. The average Bonchev–Trinajstić information content (AvgIpc) is 2.66. The molecule has 1 atom stereocenters. The van der Waals surface area contributed by atoms with E-state index in [1.54, 1.807) is 0 Å². The van der Waals surface area contributed by atoms with Crippen molar-refractivity contribution in [2.75, 3.05) is 13.1 Å². The van der Waals surface area contributed by atoms with Gasteiger partial charge in [0, 0.05) is 37.5 Å². The Labute approximate surface area is 170 Å². The van der Waals surface area contributed by atoms with Crippen LogP contribution in [0.15, 0.2) is 24.3 Å². The number of carbonyl (C=O) groups is 2. The summed E-state index contributed by atoms with van der Waals surface area (Å²) >= 11 is 0. The van der Waals surface area contributed by atoms with Crippen molar-refractivity contribution in [3.8, 4) is 0 Å². The fourth-order valence-corrected chi connectivity index (χ4v) is 3.63. The lowest BCUT2D eigenvalue weighted by atomic mass is 9.91. The van der Waals surface area contributed by atoms with Gasteiger partial charge in [0.15, 0.2) is 5.78 Å². The van der Waals surface area contributed by atoms with Gasteiger partial charge in [-0.15, -0.1) is 12.4 Å². The maximum atomic E-state index is 12.4. The first kappa shape index (κ1) is 23.6. The highest BCUT2D eigenvalue weighted by Crippen LogP contribution is 2.20. The van der Waals surface area contributed by atoms with Crippen molar-refractivity contribution in [3.05, 3.63) is 35.4 Å². The molecule has 1 unspecified atom stereocenters. The Morgan fingerprint density at radius 1 is 1.11 bits per heavy atom. The molecule has 1 aliphatic rings. The number of Topliss-reactive ketones (excluding diaryl/α,β-unsaturated/α-hetero) is 1. The van der Waals surface area contributed by atoms with Gasteiger partial charge in [0.25, 0.3) is 0 Å². The van der Waals surface area contributed by atoms with E-state index in [1.165, 1.54) is 24.8 Å². The summed E-state index contributed by atoms with van der Waals surface area (Å²) in [7, 11) is 0. The number of halogens is 1. The van der Waals surface area contributed by atoms with Crippen LogP contribution in [0.5, 0.6) is 0 Å². The van der Waals surface area contributed by atoms with Crippen LogP contribution in [0.1, 0.15) is 74.7 Å². The highest BCUT2D eigenvalue weighted by Gasteiger charge is 2.24. The highest BCUT2D eigenvalue weighted by molar-refractivity contribution is 5.98. The predicted molar refractivity (Wildman–Crippen MR) is 113 cm³/mol. The van der Waals surface area contributed by atoms with E-state index in [2.05, 4.69) is 6.92 Å². The zero-order valence-electron chi connectivity index (χ0n) is 16.8. The number of piperidine rings is 1. The van der Waals surface area contributed by atoms with Gasteiger partial charge < -0.3 is 10.6 Å². The summed E-state index contributed by atoms with van der Waals surface area (Å²) in [5.74, 6) is 0.665. The number of amides is 1. The molecule has 1 fully saturated rings. The van der Waals surface area contributed by atoms with Crippen LogP contribution in [-0.2, 0) is 11.2 Å². The number of carbonyl (C=O) groups excluding carboxylic acids is 2. The zero-order chi connectivity index (χ0) is 18.9. The molecule has 2 N–H and O–H groups in total. The molecule has 27 heavy (non-hydrogen) atoms. The number of likely N-dealkylation sites (tertiary alicyclic amines) is 1. The lowest BCUT2D eigenvalue weighted by molar-refractivity contribution is -0.132. The molecule has 1 amide bonds. The molecule has 152 valence electrons. The lowest BCUT2D eigenvalue weighted by Gasteiger charge is -2.33. The second kappa shape index (κ2) is 12.1. The monoisotopic (exact) mass is 394 g/mol. The number of ketones is 1. The molecule has 0 bridgehead atoms. The number of benzene rings is 1. The van der Waals surface area contributed by atoms with Gasteiger partial charge in [-0.3, -0.25) is 9.59 Å². The van der Waals surface area contributed by atoms with Crippen LogP contribution in [0.25, 0.3) is 0 Å². The van der Waals surface area contributed by atoms with E-state index in [-0.39, 0.29) is 30.1 Å². The van der Waals surface area contributed by atoms with Crippen LogP contribution < -0.4 is 5.73 Å². The molecular formula is C22H35ClN2O2. The van der Waals surface area contributed by atoms with Crippen molar-refractivity contribution in [2.45, 2.75) is 71.3 Å². The van der Waals surface area contributed by atoms with Crippen molar-refractivity contribution in [1.82, 2.24) is 4.90 Å². The molecule has 0 spiro atoms. The van der Waals surface area contributed by atoms with Crippen LogP contribution in [0.4, 0.5) is 0 Å². The van der Waals surface area contributed by atoms with Crippen molar-refractivity contribution >= 4 is 24.1 Å². The van der Waals surface area contributed by atoms with E-state index in [0.29, 0.717) is 24.3 Å². The van der Waals surface area contributed by atoms with Gasteiger partial charge in [-0.1, -0.05) is 44.0 Å². The zero-order valence-corrected chi connectivity index (χ0v) is 17.6. The summed E-state index contributed by atoms with van der Waals surface area (Å²) in [6.07, 6.45) is 7.25. The van der Waals surface area contributed by atoms with E-state index in [9.17, 15) is 9.59 Å². The number of nitrogens with zero attached hydrogens (tertiary/aromatic N) is 1. The van der Waals surface area contributed by atoms with E-state index in [4.69, 9.17) is 5.73 Å². The van der Waals surface area contributed by atoms with Crippen molar-refractivity contribution < 1.29 is 9.59 Å². The topological polar surface area (TPSA) is 63.4 Å². The number of hydrogen-bond acceptors (Lipinski definition) is 3. The third-order valence-electron chi connectivity index (χ3n) is 5.55. The van der Waals surface area contributed by atoms with Crippen LogP contribution in [0, 0.1) is 5.92 Å². The molecule has 1 saturated heterocycles. The van der Waals surface area contributed by atoms with Crippen LogP contribution in [0.2, 0.25) is 0 Å². The molecule has 2 rings (SSSR count). The molecule has 1 heterocycles. The third kappa shape index (κ3) is 7.63. The Morgan fingerprint density at radius 2 is 1.74 bits per heavy atom. The van der Waals surface area contributed by atoms with Gasteiger partial charge in [-0.05, 0) is 44.1 Å². The van der Waals surface area contributed by atoms with Gasteiger partial charge in [0.1, 0.15) is 0 Å². The van der Waals surface area contributed by atoms with E-state index >= 15 is 0 Å². The Hall–Kier alpha value is -1.39. The molecule has 0 aromatic heterocycles. The SMILES string of the molecule is CCCCCc1ccc(C(=O)CCC(=O)N2CCC(C(C)N)CC2)cc1.Cl. The first-order valence-corrected chi connectivity index (χ1v) is 10.2. The Bertz CT molecular complexity index is 578. The molecule has 1 aromatic carbocycles. The maximum absolute atomic E-state index is 12.4. The Kier molecular flexibility index (Phi) is 10.6. The second-order valence-electron chi connectivity index (χ2n) is 7.65. The van der Waals surface area contributed by atoms with Gasteiger partial charge >= 0.3 is 0 Å². The molecule has 5 heteroatoms. The highest BCUT2D eigenvalue weighted by atomic mass is 35.5. The maximum Gasteiger partial charge on any atom is 0.223 e. The fraction of sp³-hybridized carbons (Fsp3) is 0.636. The molecule has 0 aliphatic carbocycles. The molecular weight excluding hydrogens is 360 g/mol. The summed E-state index contributed by atoms with van der Waals surface area (Å²) in [5, 5.41) is 0. The van der Waals surface area contributed by atoms with Gasteiger partial charge in [0.05, 0.1) is 0 Å². The normalized spacial score (nSPS) is 15.9. The van der Waals surface area contributed by atoms with Crippen LogP contribution in [0.3, 0.4) is 0 Å². The van der Waals surface area contributed by atoms with Gasteiger partial charge in [-0.25, -0.2) is 0 Å². The molecule has 1 aromatic rings. The summed E-state index contributed by atoms with van der Waals surface area (Å²) in [6, 6.07) is 8.09. The summed E-state index contributed by atoms with van der Waals surface area (Å²) in [4.78, 5) is 26.6. The summed E-state index contributed by atoms with van der Waals surface area (Å²) < 4.78 is 0. The minimum absolute atomic E-state index is 0. The minimum atomic E-state index is 0. The standard InChI is InChI=1S/C22H34N2O2.ClH/c1-3-4-5-6-18-7-9-20(10-8-18)21(25)11-12-22(26)24-15-13-19(14-16-24)17(2)23;/h7-10,17,19H,3-6,11-16,23H2,1-2H3;1H. The third-order valence-corrected chi connectivity index (χ3v) is 5.55. The van der Waals surface area contributed by atoms with Gasteiger partial charge in [-0.2, -0.15) is 0 Å². The second-order valence-corrected chi connectivity index (χ2v) is 7.65. The number of hydrogen-bond donors (Lipinski definition) is 1. The van der Waals surface area contributed by atoms with Crippen molar-refractivity contribution in [3.63, 3.8) is 0 Å². The molecule has 1 aliphatic heterocycles. The Balaban J connectivity index is 0.00000364. The molecule has 4 nitrogen and oxygen atoms in total.